The van der Waals surface area contributed by atoms with E-state index < -0.39 is 0 Å². The van der Waals surface area contributed by atoms with Crippen LogP contribution >= 0.6 is 11.6 Å². The minimum atomic E-state index is -0.211. The number of carbonyl (C=O) groups excluding carboxylic acids is 1. The number of anilines is 2. The summed E-state index contributed by atoms with van der Waals surface area (Å²) in [5.41, 5.74) is 6.01. The number of amides is 1. The molecule has 0 saturated carbocycles. The van der Waals surface area contributed by atoms with Crippen LogP contribution in [0.3, 0.4) is 0 Å². The molecule has 0 bridgehead atoms. The number of nitrogen functional groups attached to an aromatic ring is 1. The van der Waals surface area contributed by atoms with E-state index in [0.717, 1.165) is 0 Å². The minimum absolute atomic E-state index is 0.0623. The van der Waals surface area contributed by atoms with E-state index in [4.69, 9.17) is 17.3 Å². The van der Waals surface area contributed by atoms with E-state index in [1.807, 2.05) is 0 Å². The van der Waals surface area contributed by atoms with Gasteiger partial charge in [0.2, 0.25) is 11.9 Å². The van der Waals surface area contributed by atoms with Crippen LogP contribution in [0.15, 0.2) is 30.6 Å². The van der Waals surface area contributed by atoms with Crippen LogP contribution in [0.25, 0.3) is 0 Å². The van der Waals surface area contributed by atoms with Gasteiger partial charge >= 0.3 is 0 Å². The van der Waals surface area contributed by atoms with Crippen molar-refractivity contribution >= 4 is 29.1 Å². The van der Waals surface area contributed by atoms with Crippen molar-refractivity contribution in [3.63, 3.8) is 0 Å². The van der Waals surface area contributed by atoms with E-state index in [2.05, 4.69) is 15.4 Å². The van der Waals surface area contributed by atoms with Crippen molar-refractivity contribution in [3.8, 4) is 0 Å². The molecule has 0 spiro atoms. The average molecular weight is 252 g/mol. The predicted octanol–water partition coefficient (Wildman–Crippen LogP) is 1.15. The minimum Gasteiger partial charge on any atom is -0.367 e. The van der Waals surface area contributed by atoms with Crippen molar-refractivity contribution in [2.75, 3.05) is 11.1 Å². The van der Waals surface area contributed by atoms with Crippen LogP contribution in [0.1, 0.15) is 0 Å². The first-order chi connectivity index (χ1) is 8.13. The fourth-order valence-corrected chi connectivity index (χ4v) is 1.39. The molecule has 3 N–H and O–H groups in total. The molecule has 0 atom stereocenters. The topological polar surface area (TPSA) is 85.8 Å². The first-order valence-corrected chi connectivity index (χ1v) is 5.21. The molecule has 0 aliphatic carbocycles. The van der Waals surface area contributed by atoms with E-state index in [1.165, 1.54) is 11.0 Å². The van der Waals surface area contributed by atoms with Gasteiger partial charge in [-0.1, -0.05) is 11.6 Å². The van der Waals surface area contributed by atoms with Gasteiger partial charge in [-0.3, -0.25) is 4.79 Å². The summed E-state index contributed by atoms with van der Waals surface area (Å²) in [5.74, 6) is -0.0680. The van der Waals surface area contributed by atoms with Crippen molar-refractivity contribution in [1.29, 1.82) is 0 Å². The zero-order valence-corrected chi connectivity index (χ0v) is 9.55. The van der Waals surface area contributed by atoms with Crippen LogP contribution in [0.5, 0.6) is 0 Å². The lowest BCUT2D eigenvalue weighted by molar-refractivity contribution is -0.116. The van der Waals surface area contributed by atoms with Gasteiger partial charge in [0.05, 0.1) is 0 Å². The summed E-state index contributed by atoms with van der Waals surface area (Å²) < 4.78 is 1.36. The molecule has 0 radical (unpaired) electrons. The van der Waals surface area contributed by atoms with Gasteiger partial charge in [-0.15, -0.1) is 5.10 Å². The van der Waals surface area contributed by atoms with Crippen molar-refractivity contribution in [3.05, 3.63) is 35.6 Å². The van der Waals surface area contributed by atoms with E-state index in [0.29, 0.717) is 10.7 Å². The second kappa shape index (κ2) is 4.84. The number of nitrogens with two attached hydrogens (primary N) is 1. The number of halogens is 1. The Bertz CT molecular complexity index is 522. The molecule has 0 aliphatic rings. The van der Waals surface area contributed by atoms with E-state index >= 15 is 0 Å². The lowest BCUT2D eigenvalue weighted by Crippen LogP contribution is -2.19. The summed E-state index contributed by atoms with van der Waals surface area (Å²) in [5, 5.41) is 7.13. The molecule has 0 unspecified atom stereocenters. The van der Waals surface area contributed by atoms with E-state index in [9.17, 15) is 4.79 Å². The number of hydrogen-bond acceptors (Lipinski definition) is 4. The largest absolute Gasteiger partial charge is 0.367 e. The Kier molecular flexibility index (Phi) is 3.24. The summed E-state index contributed by atoms with van der Waals surface area (Å²) in [7, 11) is 0. The Labute approximate surface area is 102 Å². The Morgan fingerprint density at radius 1 is 1.41 bits per heavy atom. The molecular formula is C10H10ClN5O. The van der Waals surface area contributed by atoms with Crippen molar-refractivity contribution in [2.45, 2.75) is 6.54 Å². The zero-order chi connectivity index (χ0) is 12.3. The van der Waals surface area contributed by atoms with Gasteiger partial charge in [0.15, 0.2) is 0 Å². The summed E-state index contributed by atoms with van der Waals surface area (Å²) in [4.78, 5) is 15.3. The fraction of sp³-hybridized carbons (Fsp3) is 0.100. The first kappa shape index (κ1) is 11.4. The fourth-order valence-electron chi connectivity index (χ4n) is 1.27. The monoisotopic (exact) mass is 251 g/mol. The quantitative estimate of drug-likeness (QED) is 0.857. The van der Waals surface area contributed by atoms with Crippen LogP contribution in [-0.4, -0.2) is 20.7 Å². The van der Waals surface area contributed by atoms with Crippen LogP contribution < -0.4 is 11.1 Å². The SMILES string of the molecule is Nc1ncn(CC(=O)Nc2ccc(Cl)cc2)n1. The molecule has 2 aromatic rings. The summed E-state index contributed by atoms with van der Waals surface area (Å²) in [6.07, 6.45) is 1.40. The lowest BCUT2D eigenvalue weighted by atomic mass is 10.3. The molecule has 0 aliphatic heterocycles. The number of aromatic nitrogens is 3. The van der Waals surface area contributed by atoms with E-state index in [1.54, 1.807) is 24.3 Å². The van der Waals surface area contributed by atoms with E-state index in [-0.39, 0.29) is 18.4 Å². The molecule has 1 amide bonds. The number of nitrogens with zero attached hydrogens (tertiary/aromatic N) is 3. The highest BCUT2D eigenvalue weighted by Gasteiger charge is 2.05. The maximum Gasteiger partial charge on any atom is 0.246 e. The van der Waals surface area contributed by atoms with Crippen LogP contribution in [0, 0.1) is 0 Å². The van der Waals surface area contributed by atoms with Crippen molar-refractivity contribution < 1.29 is 4.79 Å². The predicted molar refractivity (Wildman–Crippen MR) is 64.5 cm³/mol. The number of hydrogen-bond donors (Lipinski definition) is 2. The van der Waals surface area contributed by atoms with Gasteiger partial charge in [0, 0.05) is 10.7 Å². The maximum atomic E-state index is 11.6. The average Bonchev–Trinajstić information content (AvgIpc) is 2.67. The van der Waals surface area contributed by atoms with Crippen LogP contribution in [-0.2, 0) is 11.3 Å². The molecule has 0 saturated heterocycles. The second-order valence-electron chi connectivity index (χ2n) is 3.36. The molecule has 6 nitrogen and oxygen atoms in total. The number of carbonyl (C=O) groups is 1. The molecular weight excluding hydrogens is 242 g/mol. The third kappa shape index (κ3) is 3.18. The lowest BCUT2D eigenvalue weighted by Gasteiger charge is -2.04. The van der Waals surface area contributed by atoms with Crippen LogP contribution in [0.2, 0.25) is 5.02 Å². The zero-order valence-electron chi connectivity index (χ0n) is 8.80. The molecule has 1 aromatic carbocycles. The molecule has 1 heterocycles. The Balaban J connectivity index is 1.95. The first-order valence-electron chi connectivity index (χ1n) is 4.84. The molecule has 17 heavy (non-hydrogen) atoms. The summed E-state index contributed by atoms with van der Waals surface area (Å²) in [6, 6.07) is 6.83. The summed E-state index contributed by atoms with van der Waals surface area (Å²) in [6.45, 7) is 0.0623. The Morgan fingerprint density at radius 2 is 2.12 bits per heavy atom. The molecule has 1 aromatic heterocycles. The van der Waals surface area contributed by atoms with Gasteiger partial charge in [0.1, 0.15) is 12.9 Å². The molecule has 88 valence electrons. The normalized spacial score (nSPS) is 10.2. The number of benzene rings is 1. The third-order valence-corrected chi connectivity index (χ3v) is 2.24. The smallest absolute Gasteiger partial charge is 0.246 e. The standard InChI is InChI=1S/C10H10ClN5O/c11-7-1-3-8(4-2-7)14-9(17)5-16-6-13-10(12)15-16/h1-4,6H,5H2,(H2,12,15)(H,14,17). The maximum absolute atomic E-state index is 11.6. The highest BCUT2D eigenvalue weighted by atomic mass is 35.5. The highest BCUT2D eigenvalue weighted by Crippen LogP contribution is 2.13. The summed E-state index contributed by atoms with van der Waals surface area (Å²) >= 11 is 5.73. The highest BCUT2D eigenvalue weighted by molar-refractivity contribution is 6.30. The molecule has 2 rings (SSSR count). The van der Waals surface area contributed by atoms with Crippen molar-refractivity contribution in [2.24, 2.45) is 0 Å². The number of nitrogens with one attached hydrogen (secondary N) is 1. The second-order valence-corrected chi connectivity index (χ2v) is 3.79. The van der Waals surface area contributed by atoms with Gasteiger partial charge in [-0.25, -0.2) is 9.67 Å². The molecule has 7 heteroatoms. The number of rotatable bonds is 3. The van der Waals surface area contributed by atoms with Gasteiger partial charge < -0.3 is 11.1 Å². The van der Waals surface area contributed by atoms with Gasteiger partial charge in [-0.05, 0) is 24.3 Å². The van der Waals surface area contributed by atoms with Gasteiger partial charge in [0.25, 0.3) is 0 Å². The van der Waals surface area contributed by atoms with Crippen molar-refractivity contribution in [1.82, 2.24) is 14.8 Å². The van der Waals surface area contributed by atoms with Crippen LogP contribution in [0.4, 0.5) is 11.6 Å². The Hall–Kier alpha value is -2.08. The Morgan fingerprint density at radius 3 is 2.71 bits per heavy atom. The van der Waals surface area contributed by atoms with Gasteiger partial charge in [-0.2, -0.15) is 0 Å². The third-order valence-electron chi connectivity index (χ3n) is 1.99. The molecule has 0 fully saturated rings.